The number of hydrogen-bond acceptors (Lipinski definition) is 2. The Hall–Kier alpha value is -1.82. The van der Waals surface area contributed by atoms with E-state index in [2.05, 4.69) is 6.07 Å². The summed E-state index contributed by atoms with van der Waals surface area (Å²) in [4.78, 5) is 13.0. The van der Waals surface area contributed by atoms with Crippen LogP contribution < -0.4 is 4.90 Å². The lowest BCUT2D eigenvalue weighted by molar-refractivity contribution is -0.116. The SMILES string of the molecule is CC(=O)N1CCc2c(C#N)cccc21. The Balaban J connectivity index is 2.53. The van der Waals surface area contributed by atoms with Crippen LogP contribution in [0.25, 0.3) is 0 Å². The fraction of sp³-hybridized carbons (Fsp3) is 0.273. The molecule has 70 valence electrons. The van der Waals surface area contributed by atoms with Crippen LogP contribution in [0.15, 0.2) is 18.2 Å². The van der Waals surface area contributed by atoms with Gasteiger partial charge in [0.15, 0.2) is 0 Å². The van der Waals surface area contributed by atoms with Crippen LogP contribution in [0.2, 0.25) is 0 Å². The Labute approximate surface area is 82.6 Å². The zero-order valence-electron chi connectivity index (χ0n) is 7.95. The molecule has 1 aliphatic heterocycles. The van der Waals surface area contributed by atoms with Crippen molar-refractivity contribution in [3.63, 3.8) is 0 Å². The standard InChI is InChI=1S/C11H10N2O/c1-8(14)13-6-5-10-9(7-12)3-2-4-11(10)13/h2-4H,5-6H2,1H3. The van der Waals surface area contributed by atoms with Crippen molar-refractivity contribution in [1.82, 2.24) is 0 Å². The minimum Gasteiger partial charge on any atom is -0.312 e. The molecule has 0 saturated carbocycles. The van der Waals surface area contributed by atoms with Crippen molar-refractivity contribution in [1.29, 1.82) is 5.26 Å². The van der Waals surface area contributed by atoms with E-state index < -0.39 is 0 Å². The topological polar surface area (TPSA) is 44.1 Å². The van der Waals surface area contributed by atoms with Gasteiger partial charge in [0.2, 0.25) is 5.91 Å². The van der Waals surface area contributed by atoms with E-state index in [4.69, 9.17) is 5.26 Å². The average molecular weight is 186 g/mol. The monoisotopic (exact) mass is 186 g/mol. The highest BCUT2D eigenvalue weighted by molar-refractivity contribution is 5.94. The minimum atomic E-state index is 0.0406. The number of nitrogens with zero attached hydrogens (tertiary/aromatic N) is 2. The quantitative estimate of drug-likeness (QED) is 0.615. The fourth-order valence-corrected chi connectivity index (χ4v) is 1.87. The maximum absolute atomic E-state index is 11.3. The molecule has 1 amide bonds. The third kappa shape index (κ3) is 1.16. The summed E-state index contributed by atoms with van der Waals surface area (Å²) in [7, 11) is 0. The Morgan fingerprint density at radius 2 is 2.36 bits per heavy atom. The molecule has 0 atom stereocenters. The molecule has 14 heavy (non-hydrogen) atoms. The van der Waals surface area contributed by atoms with Crippen molar-refractivity contribution in [2.75, 3.05) is 11.4 Å². The largest absolute Gasteiger partial charge is 0.312 e. The Morgan fingerprint density at radius 3 is 3.00 bits per heavy atom. The maximum Gasteiger partial charge on any atom is 0.223 e. The molecule has 0 fully saturated rings. The molecule has 0 N–H and O–H groups in total. The Morgan fingerprint density at radius 1 is 1.57 bits per heavy atom. The first-order valence-electron chi connectivity index (χ1n) is 4.54. The van der Waals surface area contributed by atoms with Gasteiger partial charge in [0.05, 0.1) is 11.6 Å². The summed E-state index contributed by atoms with van der Waals surface area (Å²) in [6.07, 6.45) is 0.790. The van der Waals surface area contributed by atoms with E-state index >= 15 is 0 Å². The number of carbonyl (C=O) groups excluding carboxylic acids is 1. The molecule has 0 radical (unpaired) electrons. The summed E-state index contributed by atoms with van der Waals surface area (Å²) in [5, 5.41) is 8.87. The van der Waals surface area contributed by atoms with Gasteiger partial charge >= 0.3 is 0 Å². The second-order valence-corrected chi connectivity index (χ2v) is 3.34. The summed E-state index contributed by atoms with van der Waals surface area (Å²) in [6.45, 7) is 2.25. The van der Waals surface area contributed by atoms with Gasteiger partial charge in [-0.3, -0.25) is 4.79 Å². The van der Waals surface area contributed by atoms with Gasteiger partial charge in [0.1, 0.15) is 0 Å². The number of rotatable bonds is 0. The van der Waals surface area contributed by atoms with E-state index in [1.165, 1.54) is 0 Å². The summed E-state index contributed by atoms with van der Waals surface area (Å²) >= 11 is 0. The number of amides is 1. The number of carbonyl (C=O) groups is 1. The zero-order chi connectivity index (χ0) is 10.1. The van der Waals surface area contributed by atoms with Crippen LogP contribution in [0.3, 0.4) is 0 Å². The summed E-state index contributed by atoms with van der Waals surface area (Å²) in [5.74, 6) is 0.0406. The van der Waals surface area contributed by atoms with Crippen molar-refractivity contribution in [3.8, 4) is 6.07 Å². The predicted molar refractivity (Wildman–Crippen MR) is 52.9 cm³/mol. The molecule has 3 nitrogen and oxygen atoms in total. The third-order valence-corrected chi connectivity index (χ3v) is 2.53. The summed E-state index contributed by atoms with van der Waals surface area (Å²) < 4.78 is 0. The van der Waals surface area contributed by atoms with Crippen LogP contribution in [-0.4, -0.2) is 12.5 Å². The molecule has 2 rings (SSSR count). The average Bonchev–Trinajstić information content (AvgIpc) is 2.60. The van der Waals surface area contributed by atoms with Crippen molar-refractivity contribution in [3.05, 3.63) is 29.3 Å². The van der Waals surface area contributed by atoms with Gasteiger partial charge in [-0.1, -0.05) is 6.07 Å². The van der Waals surface area contributed by atoms with Gasteiger partial charge in [0, 0.05) is 19.2 Å². The molecule has 1 heterocycles. The number of anilines is 1. The van der Waals surface area contributed by atoms with E-state index in [9.17, 15) is 4.79 Å². The van der Waals surface area contributed by atoms with E-state index in [1.807, 2.05) is 12.1 Å². The lowest BCUT2D eigenvalue weighted by Gasteiger charge is -2.14. The van der Waals surface area contributed by atoms with E-state index in [-0.39, 0.29) is 5.91 Å². The van der Waals surface area contributed by atoms with Gasteiger partial charge in [-0.05, 0) is 24.1 Å². The first-order chi connectivity index (χ1) is 6.74. The van der Waals surface area contributed by atoms with E-state index in [1.54, 1.807) is 17.9 Å². The maximum atomic E-state index is 11.3. The van der Waals surface area contributed by atoms with Crippen molar-refractivity contribution < 1.29 is 4.79 Å². The molecule has 0 spiro atoms. The van der Waals surface area contributed by atoms with Crippen LogP contribution in [0.4, 0.5) is 5.69 Å². The summed E-state index contributed by atoms with van der Waals surface area (Å²) in [5.41, 5.74) is 2.59. The molecule has 1 aromatic rings. The lowest BCUT2D eigenvalue weighted by Crippen LogP contribution is -2.25. The van der Waals surface area contributed by atoms with Crippen molar-refractivity contribution in [2.45, 2.75) is 13.3 Å². The molecule has 0 unspecified atom stereocenters. The van der Waals surface area contributed by atoms with Crippen LogP contribution >= 0.6 is 0 Å². The number of nitriles is 1. The van der Waals surface area contributed by atoms with Gasteiger partial charge in [0.25, 0.3) is 0 Å². The van der Waals surface area contributed by atoms with Gasteiger partial charge in [-0.15, -0.1) is 0 Å². The number of fused-ring (bicyclic) bond motifs is 1. The van der Waals surface area contributed by atoms with Crippen LogP contribution in [0.5, 0.6) is 0 Å². The van der Waals surface area contributed by atoms with Gasteiger partial charge in [-0.25, -0.2) is 0 Å². The molecule has 0 aromatic heterocycles. The first-order valence-corrected chi connectivity index (χ1v) is 4.54. The second-order valence-electron chi connectivity index (χ2n) is 3.34. The number of benzene rings is 1. The predicted octanol–water partition coefficient (Wildman–Crippen LogP) is 1.47. The Bertz CT molecular complexity index is 431. The van der Waals surface area contributed by atoms with Gasteiger partial charge in [-0.2, -0.15) is 5.26 Å². The van der Waals surface area contributed by atoms with Crippen LogP contribution in [0.1, 0.15) is 18.1 Å². The van der Waals surface area contributed by atoms with Crippen molar-refractivity contribution >= 4 is 11.6 Å². The molecule has 3 heteroatoms. The molecular weight excluding hydrogens is 176 g/mol. The fourth-order valence-electron chi connectivity index (χ4n) is 1.87. The normalized spacial score (nSPS) is 13.6. The minimum absolute atomic E-state index is 0.0406. The highest BCUT2D eigenvalue weighted by atomic mass is 16.2. The highest BCUT2D eigenvalue weighted by Gasteiger charge is 2.23. The first kappa shape index (κ1) is 8.76. The number of hydrogen-bond donors (Lipinski definition) is 0. The lowest BCUT2D eigenvalue weighted by atomic mass is 10.1. The van der Waals surface area contributed by atoms with Crippen LogP contribution in [0, 0.1) is 11.3 Å². The molecule has 1 aliphatic rings. The van der Waals surface area contributed by atoms with Crippen LogP contribution in [-0.2, 0) is 11.2 Å². The third-order valence-electron chi connectivity index (χ3n) is 2.53. The summed E-state index contributed by atoms with van der Waals surface area (Å²) in [6, 6.07) is 7.65. The molecule has 1 aromatic carbocycles. The molecule has 0 aliphatic carbocycles. The molecule has 0 bridgehead atoms. The molecule has 0 saturated heterocycles. The zero-order valence-corrected chi connectivity index (χ0v) is 7.95. The molecular formula is C11H10N2O. The van der Waals surface area contributed by atoms with Gasteiger partial charge < -0.3 is 4.90 Å². The Kier molecular flexibility index (Phi) is 1.97. The van der Waals surface area contributed by atoms with E-state index in [0.717, 1.165) is 17.7 Å². The smallest absolute Gasteiger partial charge is 0.223 e. The highest BCUT2D eigenvalue weighted by Crippen LogP contribution is 2.30. The van der Waals surface area contributed by atoms with E-state index in [0.29, 0.717) is 12.1 Å². The van der Waals surface area contributed by atoms with Crippen molar-refractivity contribution in [2.24, 2.45) is 0 Å². The second kappa shape index (κ2) is 3.15.